The van der Waals surface area contributed by atoms with Gasteiger partial charge < -0.3 is 14.2 Å². The Morgan fingerprint density at radius 1 is 0.275 bits per heavy atom. The van der Waals surface area contributed by atoms with Crippen LogP contribution in [0.4, 0.5) is 0 Å². The summed E-state index contributed by atoms with van der Waals surface area (Å²) in [6.45, 7) is 6.66. The van der Waals surface area contributed by atoms with Crippen molar-refractivity contribution in [2.75, 3.05) is 13.2 Å². The number of carbonyl (C=O) groups is 3. The van der Waals surface area contributed by atoms with Crippen molar-refractivity contribution in [2.45, 2.75) is 335 Å². The first-order valence-corrected chi connectivity index (χ1v) is 30.5. The second kappa shape index (κ2) is 58.2. The van der Waals surface area contributed by atoms with Crippen LogP contribution in [0.25, 0.3) is 0 Å². The molecule has 0 amide bonds. The Morgan fingerprint density at radius 3 is 0.725 bits per heavy atom. The van der Waals surface area contributed by atoms with Crippen LogP contribution in [0.2, 0.25) is 0 Å². The lowest BCUT2D eigenvalue weighted by atomic mass is 10.1. The fraction of sp³-hybridized carbons (Fsp3) is 0.857. The average Bonchev–Trinajstić information content (AvgIpc) is 3.35. The van der Waals surface area contributed by atoms with Gasteiger partial charge in [0.1, 0.15) is 13.2 Å². The van der Waals surface area contributed by atoms with Gasteiger partial charge in [0.15, 0.2) is 6.10 Å². The molecule has 1 atom stereocenters. The zero-order chi connectivity index (χ0) is 50.0. The molecule has 0 aliphatic carbocycles. The first-order chi connectivity index (χ1) is 34.0. The molecule has 0 aromatic heterocycles. The van der Waals surface area contributed by atoms with Gasteiger partial charge in [-0.3, -0.25) is 14.4 Å². The molecule has 0 unspecified atom stereocenters. The highest BCUT2D eigenvalue weighted by Crippen LogP contribution is 2.16. The summed E-state index contributed by atoms with van der Waals surface area (Å²) in [6, 6.07) is 0. The molecule has 0 N–H and O–H groups in total. The molecule has 6 heteroatoms. The summed E-state index contributed by atoms with van der Waals surface area (Å²) in [6.07, 6.45) is 69.9. The largest absolute Gasteiger partial charge is 0.462 e. The van der Waals surface area contributed by atoms with Gasteiger partial charge in [-0.15, -0.1) is 0 Å². The zero-order valence-electron chi connectivity index (χ0n) is 46.3. The van der Waals surface area contributed by atoms with Gasteiger partial charge in [0.2, 0.25) is 0 Å². The van der Waals surface area contributed by atoms with Crippen LogP contribution in [-0.2, 0) is 28.6 Å². The molecule has 6 nitrogen and oxygen atoms in total. The first kappa shape index (κ1) is 66.6. The molecule has 0 fully saturated rings. The van der Waals surface area contributed by atoms with Crippen molar-refractivity contribution < 1.29 is 28.6 Å². The lowest BCUT2D eigenvalue weighted by molar-refractivity contribution is -0.167. The smallest absolute Gasteiger partial charge is 0.306 e. The van der Waals surface area contributed by atoms with Gasteiger partial charge in [-0.1, -0.05) is 250 Å². The summed E-state index contributed by atoms with van der Waals surface area (Å²) in [5.74, 6) is -0.880. The summed E-state index contributed by atoms with van der Waals surface area (Å²) in [5, 5.41) is 0. The minimum absolute atomic E-state index is 0.0780. The molecule has 0 aliphatic rings. The topological polar surface area (TPSA) is 78.9 Å². The Bertz CT molecular complexity index is 1160. The second-order valence-electron chi connectivity index (χ2n) is 20.6. The Kier molecular flexibility index (Phi) is 56.2. The predicted octanol–water partition coefficient (Wildman–Crippen LogP) is 20.4. The van der Waals surface area contributed by atoms with Crippen molar-refractivity contribution in [2.24, 2.45) is 0 Å². The Balaban J connectivity index is 4.36. The van der Waals surface area contributed by atoms with Gasteiger partial charge >= 0.3 is 17.9 Å². The highest BCUT2D eigenvalue weighted by Gasteiger charge is 2.19. The summed E-state index contributed by atoms with van der Waals surface area (Å²) in [7, 11) is 0. The standard InChI is InChI=1S/C63H116O6/c1-4-7-10-13-16-19-22-25-28-31-32-33-36-38-41-44-47-50-53-56-62(65)68-59-60(69-63(66)57-54-51-48-45-42-39-35-30-27-24-21-18-15-12-9-6-3)58-67-61(64)55-52-49-46-43-40-37-34-29-26-23-20-17-14-11-8-5-2/h29-32,34-35,60H,4-28,33,36-59H2,1-3H3/b32-31-,34-29-,35-30-/t60-/m1/s1. The Morgan fingerprint density at radius 2 is 0.478 bits per heavy atom. The molecule has 404 valence electrons. The van der Waals surface area contributed by atoms with Gasteiger partial charge in [-0.05, 0) is 96.3 Å². The van der Waals surface area contributed by atoms with Crippen molar-refractivity contribution in [3.63, 3.8) is 0 Å². The van der Waals surface area contributed by atoms with E-state index in [2.05, 4.69) is 57.2 Å². The summed E-state index contributed by atoms with van der Waals surface area (Å²) >= 11 is 0. The lowest BCUT2D eigenvalue weighted by Crippen LogP contribution is -2.30. The van der Waals surface area contributed by atoms with Gasteiger partial charge in [0.25, 0.3) is 0 Å². The van der Waals surface area contributed by atoms with Crippen LogP contribution in [-0.4, -0.2) is 37.2 Å². The maximum atomic E-state index is 12.9. The molecule has 69 heavy (non-hydrogen) atoms. The van der Waals surface area contributed by atoms with Gasteiger partial charge in [-0.2, -0.15) is 0 Å². The van der Waals surface area contributed by atoms with Gasteiger partial charge in [0.05, 0.1) is 0 Å². The monoisotopic (exact) mass is 969 g/mol. The van der Waals surface area contributed by atoms with Gasteiger partial charge in [0, 0.05) is 19.3 Å². The van der Waals surface area contributed by atoms with Crippen molar-refractivity contribution in [1.82, 2.24) is 0 Å². The number of rotatable bonds is 56. The minimum atomic E-state index is -0.781. The van der Waals surface area contributed by atoms with Crippen molar-refractivity contribution in [1.29, 1.82) is 0 Å². The van der Waals surface area contributed by atoms with Crippen LogP contribution >= 0.6 is 0 Å². The summed E-state index contributed by atoms with van der Waals surface area (Å²) in [4.78, 5) is 38.2. The highest BCUT2D eigenvalue weighted by atomic mass is 16.6. The molecule has 0 saturated heterocycles. The predicted molar refractivity (Wildman–Crippen MR) is 298 cm³/mol. The van der Waals surface area contributed by atoms with Crippen LogP contribution in [0.15, 0.2) is 36.5 Å². The van der Waals surface area contributed by atoms with E-state index in [0.717, 1.165) is 70.6 Å². The molecule has 0 bridgehead atoms. The second-order valence-corrected chi connectivity index (χ2v) is 20.6. The van der Waals surface area contributed by atoms with E-state index in [4.69, 9.17) is 14.2 Å². The zero-order valence-corrected chi connectivity index (χ0v) is 46.3. The third-order valence-electron chi connectivity index (χ3n) is 13.6. The van der Waals surface area contributed by atoms with E-state index in [1.54, 1.807) is 0 Å². The van der Waals surface area contributed by atoms with Crippen LogP contribution in [0.1, 0.15) is 329 Å². The third-order valence-corrected chi connectivity index (χ3v) is 13.6. The number of hydrogen-bond donors (Lipinski definition) is 0. The van der Waals surface area contributed by atoms with E-state index in [1.165, 1.54) is 218 Å². The molecule has 0 radical (unpaired) electrons. The Labute approximate surface area is 429 Å². The fourth-order valence-corrected chi connectivity index (χ4v) is 8.96. The molecule has 0 rings (SSSR count). The first-order valence-electron chi connectivity index (χ1n) is 30.5. The molecular weight excluding hydrogens is 853 g/mol. The van der Waals surface area contributed by atoms with E-state index >= 15 is 0 Å². The normalized spacial score (nSPS) is 12.2. The third kappa shape index (κ3) is 56.4. The number of allylic oxidation sites excluding steroid dienone is 6. The molecule has 0 aromatic rings. The molecule has 0 saturated carbocycles. The molecule has 0 aromatic carbocycles. The Hall–Kier alpha value is -2.37. The van der Waals surface area contributed by atoms with Crippen LogP contribution in [0, 0.1) is 0 Å². The number of hydrogen-bond acceptors (Lipinski definition) is 6. The van der Waals surface area contributed by atoms with E-state index in [-0.39, 0.29) is 31.1 Å². The molecular formula is C63H116O6. The van der Waals surface area contributed by atoms with Crippen LogP contribution in [0.5, 0.6) is 0 Å². The average molecular weight is 970 g/mol. The number of unbranched alkanes of at least 4 members (excludes halogenated alkanes) is 39. The van der Waals surface area contributed by atoms with Crippen LogP contribution in [0.3, 0.4) is 0 Å². The van der Waals surface area contributed by atoms with Gasteiger partial charge in [-0.25, -0.2) is 0 Å². The SMILES string of the molecule is CCCCCCCCC/C=C\CCCCCCCC(=O)OC[C@H](COC(=O)CCCCCCCCC/C=C\CCCCCCCCCC)OC(=O)CCCCCCC/C=C\CCCCCCCCC. The van der Waals surface area contributed by atoms with E-state index in [1.807, 2.05) is 0 Å². The van der Waals surface area contributed by atoms with Crippen molar-refractivity contribution >= 4 is 17.9 Å². The van der Waals surface area contributed by atoms with E-state index < -0.39 is 6.10 Å². The number of carbonyl (C=O) groups excluding carboxylic acids is 3. The lowest BCUT2D eigenvalue weighted by Gasteiger charge is -2.18. The minimum Gasteiger partial charge on any atom is -0.462 e. The quantitative estimate of drug-likeness (QED) is 0.0261. The summed E-state index contributed by atoms with van der Waals surface area (Å²) in [5.41, 5.74) is 0. The molecule has 0 spiro atoms. The van der Waals surface area contributed by atoms with E-state index in [0.29, 0.717) is 19.3 Å². The number of ether oxygens (including phenoxy) is 3. The molecule has 0 aliphatic heterocycles. The van der Waals surface area contributed by atoms with Crippen molar-refractivity contribution in [3.8, 4) is 0 Å². The summed E-state index contributed by atoms with van der Waals surface area (Å²) < 4.78 is 16.9. The maximum absolute atomic E-state index is 12.9. The fourth-order valence-electron chi connectivity index (χ4n) is 8.96. The maximum Gasteiger partial charge on any atom is 0.306 e. The molecule has 0 heterocycles. The van der Waals surface area contributed by atoms with Crippen molar-refractivity contribution in [3.05, 3.63) is 36.5 Å². The highest BCUT2D eigenvalue weighted by molar-refractivity contribution is 5.71. The number of esters is 3. The van der Waals surface area contributed by atoms with Crippen LogP contribution < -0.4 is 0 Å². The van der Waals surface area contributed by atoms with E-state index in [9.17, 15) is 14.4 Å².